The number of hydrogen-bond acceptors (Lipinski definition) is 5. The summed E-state index contributed by atoms with van der Waals surface area (Å²) in [5.41, 5.74) is 2.02. The van der Waals surface area contributed by atoms with Crippen LogP contribution < -0.4 is 10.6 Å². The minimum Gasteiger partial charge on any atom is -0.342 e. The van der Waals surface area contributed by atoms with Crippen LogP contribution in [0.4, 0.5) is 0 Å². The minimum absolute atomic E-state index is 0.0767. The largest absolute Gasteiger partial charge is 0.342 e. The molecule has 1 aliphatic heterocycles. The number of nitrogens with one attached hydrogen (secondary N) is 2. The molecule has 3 rings (SSSR count). The van der Waals surface area contributed by atoms with Gasteiger partial charge in [-0.05, 0) is 36.2 Å². The molecule has 0 spiro atoms. The third kappa shape index (κ3) is 3.67. The van der Waals surface area contributed by atoms with Crippen molar-refractivity contribution in [2.45, 2.75) is 45.2 Å². The maximum absolute atomic E-state index is 12.5. The van der Waals surface area contributed by atoms with Crippen LogP contribution in [0.1, 0.15) is 60.9 Å². The molecule has 0 radical (unpaired) electrons. The van der Waals surface area contributed by atoms with Gasteiger partial charge in [0.2, 0.25) is 5.89 Å². The standard InChI is InChI=1S/C17H21BrN4O2/c1-17(2,3)16-21-14(22-24-16)15(23)20-13-6-7-19-9-10-8-11(18)4-5-12(10)13/h4-5,8,13,19H,6-7,9H2,1-3H3,(H,20,23)/t13-/m1/s1. The molecule has 128 valence electrons. The molecular weight excluding hydrogens is 372 g/mol. The highest BCUT2D eigenvalue weighted by atomic mass is 79.9. The van der Waals surface area contributed by atoms with Crippen LogP contribution in [0, 0.1) is 0 Å². The number of carbonyl (C=O) groups is 1. The van der Waals surface area contributed by atoms with E-state index in [4.69, 9.17) is 4.52 Å². The number of nitrogens with zero attached hydrogens (tertiary/aromatic N) is 2. The first kappa shape index (κ1) is 17.1. The average Bonchev–Trinajstić information content (AvgIpc) is 2.93. The topological polar surface area (TPSA) is 80.0 Å². The van der Waals surface area contributed by atoms with E-state index in [0.29, 0.717) is 5.89 Å². The van der Waals surface area contributed by atoms with Crippen molar-refractivity contribution in [1.82, 2.24) is 20.8 Å². The van der Waals surface area contributed by atoms with E-state index >= 15 is 0 Å². The maximum Gasteiger partial charge on any atom is 0.293 e. The molecule has 24 heavy (non-hydrogen) atoms. The number of aromatic nitrogens is 2. The lowest BCUT2D eigenvalue weighted by Gasteiger charge is -2.18. The number of carbonyl (C=O) groups excluding carboxylic acids is 1. The fourth-order valence-electron chi connectivity index (χ4n) is 2.69. The second kappa shape index (κ2) is 6.64. The lowest BCUT2D eigenvalue weighted by molar-refractivity contribution is 0.0921. The molecule has 1 aromatic carbocycles. The highest BCUT2D eigenvalue weighted by Gasteiger charge is 2.26. The van der Waals surface area contributed by atoms with Crippen molar-refractivity contribution >= 4 is 21.8 Å². The van der Waals surface area contributed by atoms with Crippen LogP contribution in [0.15, 0.2) is 27.2 Å². The van der Waals surface area contributed by atoms with Crippen LogP contribution in [0.5, 0.6) is 0 Å². The molecule has 2 aromatic rings. The van der Waals surface area contributed by atoms with Gasteiger partial charge in [0.05, 0.1) is 6.04 Å². The summed E-state index contributed by atoms with van der Waals surface area (Å²) in [7, 11) is 0. The number of halogens is 1. The van der Waals surface area contributed by atoms with Gasteiger partial charge in [0.25, 0.3) is 11.7 Å². The molecule has 0 unspecified atom stereocenters. The first-order chi connectivity index (χ1) is 11.3. The summed E-state index contributed by atoms with van der Waals surface area (Å²) in [6.45, 7) is 7.52. The first-order valence-corrected chi connectivity index (χ1v) is 8.78. The molecule has 1 aliphatic rings. The van der Waals surface area contributed by atoms with E-state index in [2.05, 4.69) is 42.8 Å². The molecule has 0 fully saturated rings. The Hall–Kier alpha value is -1.73. The van der Waals surface area contributed by atoms with Crippen LogP contribution in [0.25, 0.3) is 0 Å². The number of amides is 1. The Labute approximate surface area is 149 Å². The summed E-state index contributed by atoms with van der Waals surface area (Å²) < 4.78 is 6.24. The van der Waals surface area contributed by atoms with E-state index in [1.165, 1.54) is 5.56 Å². The molecule has 2 heterocycles. The molecule has 1 aromatic heterocycles. The SMILES string of the molecule is CC(C)(C)c1nc(C(=O)N[C@@H]2CCNCc3cc(Br)ccc32)no1. The number of rotatable bonds is 2. The van der Waals surface area contributed by atoms with Crippen LogP contribution in [-0.2, 0) is 12.0 Å². The molecule has 0 saturated heterocycles. The Kier molecular flexibility index (Phi) is 4.73. The van der Waals surface area contributed by atoms with Gasteiger partial charge in [-0.25, -0.2) is 0 Å². The van der Waals surface area contributed by atoms with Gasteiger partial charge in [0.15, 0.2) is 0 Å². The quantitative estimate of drug-likeness (QED) is 0.820. The predicted octanol–water partition coefficient (Wildman–Crippen LogP) is 3.09. The van der Waals surface area contributed by atoms with E-state index in [0.717, 1.165) is 29.5 Å². The Bertz CT molecular complexity index is 751. The minimum atomic E-state index is -0.310. The highest BCUT2D eigenvalue weighted by Crippen LogP contribution is 2.27. The zero-order chi connectivity index (χ0) is 17.3. The van der Waals surface area contributed by atoms with Gasteiger partial charge in [-0.1, -0.05) is 47.9 Å². The van der Waals surface area contributed by atoms with Gasteiger partial charge in [-0.15, -0.1) is 0 Å². The third-order valence-corrected chi connectivity index (χ3v) is 4.47. The average molecular weight is 393 g/mol. The van der Waals surface area contributed by atoms with Crippen LogP contribution in [-0.4, -0.2) is 22.6 Å². The van der Waals surface area contributed by atoms with E-state index in [-0.39, 0.29) is 23.2 Å². The maximum atomic E-state index is 12.5. The predicted molar refractivity (Wildman–Crippen MR) is 93.7 cm³/mol. The number of hydrogen-bond donors (Lipinski definition) is 2. The Balaban J connectivity index is 1.81. The summed E-state index contributed by atoms with van der Waals surface area (Å²) in [6.07, 6.45) is 0.810. The smallest absolute Gasteiger partial charge is 0.293 e. The van der Waals surface area contributed by atoms with Gasteiger partial charge in [-0.2, -0.15) is 4.98 Å². The van der Waals surface area contributed by atoms with Crippen molar-refractivity contribution in [3.63, 3.8) is 0 Å². The normalized spacial score (nSPS) is 17.9. The molecule has 7 heteroatoms. The molecular formula is C17H21BrN4O2. The van der Waals surface area contributed by atoms with Crippen LogP contribution >= 0.6 is 15.9 Å². The first-order valence-electron chi connectivity index (χ1n) is 7.98. The van der Waals surface area contributed by atoms with E-state index < -0.39 is 0 Å². The summed E-state index contributed by atoms with van der Waals surface area (Å²) in [6, 6.07) is 6.05. The van der Waals surface area contributed by atoms with Crippen LogP contribution in [0.3, 0.4) is 0 Å². The number of fused-ring (bicyclic) bond motifs is 1. The summed E-state index contributed by atoms with van der Waals surface area (Å²) in [5.74, 6) is 0.227. The Morgan fingerprint density at radius 2 is 2.21 bits per heavy atom. The fourth-order valence-corrected chi connectivity index (χ4v) is 3.09. The van der Waals surface area contributed by atoms with Crippen molar-refractivity contribution in [2.24, 2.45) is 0 Å². The summed E-state index contributed by atoms with van der Waals surface area (Å²) in [4.78, 5) is 16.7. The molecule has 0 saturated carbocycles. The van der Waals surface area contributed by atoms with Gasteiger partial charge in [-0.3, -0.25) is 4.79 Å². The van der Waals surface area contributed by atoms with Crippen molar-refractivity contribution in [1.29, 1.82) is 0 Å². The second-order valence-corrected chi connectivity index (χ2v) is 7.92. The summed E-state index contributed by atoms with van der Waals surface area (Å²) in [5, 5.41) is 10.2. The zero-order valence-electron chi connectivity index (χ0n) is 14.0. The lowest BCUT2D eigenvalue weighted by Crippen LogP contribution is -2.30. The van der Waals surface area contributed by atoms with Crippen molar-refractivity contribution in [3.05, 3.63) is 45.5 Å². The van der Waals surface area contributed by atoms with Crippen molar-refractivity contribution in [3.8, 4) is 0 Å². The summed E-state index contributed by atoms with van der Waals surface area (Å²) >= 11 is 3.50. The van der Waals surface area contributed by atoms with E-state index in [9.17, 15) is 4.79 Å². The van der Waals surface area contributed by atoms with E-state index in [1.807, 2.05) is 32.9 Å². The third-order valence-electron chi connectivity index (χ3n) is 3.98. The molecule has 1 atom stereocenters. The van der Waals surface area contributed by atoms with Gasteiger partial charge >= 0.3 is 0 Å². The van der Waals surface area contributed by atoms with Gasteiger partial charge < -0.3 is 15.2 Å². The van der Waals surface area contributed by atoms with Gasteiger partial charge in [0.1, 0.15) is 0 Å². The van der Waals surface area contributed by atoms with E-state index in [1.54, 1.807) is 0 Å². The van der Waals surface area contributed by atoms with Gasteiger partial charge in [0, 0.05) is 16.4 Å². The fraction of sp³-hybridized carbons (Fsp3) is 0.471. The monoisotopic (exact) mass is 392 g/mol. The zero-order valence-corrected chi connectivity index (χ0v) is 15.6. The second-order valence-electron chi connectivity index (χ2n) is 7.01. The Morgan fingerprint density at radius 3 is 2.92 bits per heavy atom. The molecule has 6 nitrogen and oxygen atoms in total. The Morgan fingerprint density at radius 1 is 1.42 bits per heavy atom. The lowest BCUT2D eigenvalue weighted by atomic mass is 9.97. The highest BCUT2D eigenvalue weighted by molar-refractivity contribution is 9.10. The van der Waals surface area contributed by atoms with Crippen molar-refractivity contribution in [2.75, 3.05) is 6.54 Å². The number of benzene rings is 1. The van der Waals surface area contributed by atoms with Crippen LogP contribution in [0.2, 0.25) is 0 Å². The molecule has 1 amide bonds. The molecule has 0 aliphatic carbocycles. The molecule has 2 N–H and O–H groups in total. The molecule has 0 bridgehead atoms. The van der Waals surface area contributed by atoms with Crippen molar-refractivity contribution < 1.29 is 9.32 Å².